The maximum atomic E-state index is 12.2. The van der Waals surface area contributed by atoms with Crippen LogP contribution in [0.25, 0.3) is 0 Å². The largest absolute Gasteiger partial charge is 0.349 e. The first kappa shape index (κ1) is 20.2. The van der Waals surface area contributed by atoms with E-state index in [9.17, 15) is 4.79 Å². The average Bonchev–Trinajstić information content (AvgIpc) is 3.16. The van der Waals surface area contributed by atoms with Gasteiger partial charge in [0, 0.05) is 25.2 Å². The Kier molecular flexibility index (Phi) is 4.42. The fraction of sp³-hybridized carbons (Fsp3) is 0.963. The summed E-state index contributed by atoms with van der Waals surface area (Å²) in [5, 5.41) is 0. The monoisotopic (exact) mass is 414 g/mol. The highest BCUT2D eigenvalue weighted by Gasteiger charge is 2.69. The molecule has 2 aliphatic heterocycles. The molecule has 0 amide bonds. The summed E-state index contributed by atoms with van der Waals surface area (Å²) in [7, 11) is 0. The number of ether oxygens (including phenoxy) is 2. The second kappa shape index (κ2) is 6.56. The van der Waals surface area contributed by atoms with Gasteiger partial charge in [0.2, 0.25) is 0 Å². The predicted molar refractivity (Wildman–Crippen MR) is 117 cm³/mol. The summed E-state index contributed by atoms with van der Waals surface area (Å²) in [4.78, 5) is 12.2. The third kappa shape index (κ3) is 2.54. The maximum absolute atomic E-state index is 12.2. The van der Waals surface area contributed by atoms with Gasteiger partial charge in [-0.1, -0.05) is 27.7 Å². The van der Waals surface area contributed by atoms with Crippen LogP contribution < -0.4 is 0 Å². The van der Waals surface area contributed by atoms with Crippen LogP contribution in [-0.2, 0) is 14.3 Å². The number of Topliss-reactive ketones (excluding diaryl/α,β-unsaturated/α-hetero) is 1. The molecule has 6 rings (SSSR count). The average molecular weight is 415 g/mol. The fourth-order valence-corrected chi connectivity index (χ4v) is 10.1. The summed E-state index contributed by atoms with van der Waals surface area (Å²) in [5.41, 5.74) is 0.820. The number of carbonyl (C=O) groups excluding carboxylic acids is 1. The predicted octanol–water partition coefficient (Wildman–Crippen LogP) is 6.00. The lowest BCUT2D eigenvalue weighted by molar-refractivity contribution is -0.273. The molecule has 4 aliphatic carbocycles. The first-order valence-electron chi connectivity index (χ1n) is 13.1. The van der Waals surface area contributed by atoms with Gasteiger partial charge in [0.15, 0.2) is 5.79 Å². The molecule has 11 atom stereocenters. The number of ketones is 1. The SMILES string of the molecule is C[C@H]1CC[C@@]2(OC1)OC1C[C@H]3[C@@H]4CCC5CC(=O)CC[C@]5(C)[C@H]4CC[C@]3(C)[C@H]1[C@@H]2C. The van der Waals surface area contributed by atoms with Crippen molar-refractivity contribution in [3.05, 3.63) is 0 Å². The molecule has 0 aromatic rings. The lowest BCUT2D eigenvalue weighted by Crippen LogP contribution is -2.54. The van der Waals surface area contributed by atoms with E-state index in [1.165, 1.54) is 38.5 Å². The van der Waals surface area contributed by atoms with Gasteiger partial charge in [-0.3, -0.25) is 4.79 Å². The van der Waals surface area contributed by atoms with Gasteiger partial charge in [-0.2, -0.15) is 0 Å². The van der Waals surface area contributed by atoms with Crippen molar-refractivity contribution in [2.75, 3.05) is 6.61 Å². The Morgan fingerprint density at radius 3 is 2.53 bits per heavy atom. The Bertz CT molecular complexity index is 724. The number of fused-ring (bicyclic) bond motifs is 7. The molecule has 4 saturated carbocycles. The van der Waals surface area contributed by atoms with Crippen LogP contribution in [0.5, 0.6) is 0 Å². The van der Waals surface area contributed by atoms with Crippen molar-refractivity contribution in [1.29, 1.82) is 0 Å². The van der Waals surface area contributed by atoms with E-state index in [1.54, 1.807) is 0 Å². The van der Waals surface area contributed by atoms with Gasteiger partial charge >= 0.3 is 0 Å². The summed E-state index contributed by atoms with van der Waals surface area (Å²) in [6, 6.07) is 0. The molecule has 2 saturated heterocycles. The Labute approximate surface area is 183 Å². The summed E-state index contributed by atoms with van der Waals surface area (Å²) < 4.78 is 13.4. The normalized spacial score (nSPS) is 60.1. The molecule has 0 aromatic carbocycles. The van der Waals surface area contributed by atoms with Crippen LogP contribution >= 0.6 is 0 Å². The van der Waals surface area contributed by atoms with Crippen molar-refractivity contribution in [1.82, 2.24) is 0 Å². The molecule has 0 N–H and O–H groups in total. The minimum atomic E-state index is -0.292. The Morgan fingerprint density at radius 1 is 0.933 bits per heavy atom. The van der Waals surface area contributed by atoms with E-state index >= 15 is 0 Å². The van der Waals surface area contributed by atoms with Crippen molar-refractivity contribution >= 4 is 5.78 Å². The first-order valence-corrected chi connectivity index (χ1v) is 13.1. The zero-order valence-corrected chi connectivity index (χ0v) is 19.6. The van der Waals surface area contributed by atoms with Crippen LogP contribution in [0.15, 0.2) is 0 Å². The fourth-order valence-electron chi connectivity index (χ4n) is 10.1. The third-order valence-corrected chi connectivity index (χ3v) is 11.7. The number of carbonyl (C=O) groups is 1. The number of hydrogen-bond donors (Lipinski definition) is 0. The third-order valence-electron chi connectivity index (χ3n) is 11.7. The van der Waals surface area contributed by atoms with Gasteiger partial charge in [0.1, 0.15) is 5.78 Å². The van der Waals surface area contributed by atoms with Gasteiger partial charge in [-0.25, -0.2) is 0 Å². The lowest BCUT2D eigenvalue weighted by atomic mass is 9.44. The van der Waals surface area contributed by atoms with Gasteiger partial charge in [0.25, 0.3) is 0 Å². The van der Waals surface area contributed by atoms with Crippen LogP contribution in [0.3, 0.4) is 0 Å². The molecule has 0 aromatic heterocycles. The van der Waals surface area contributed by atoms with Crippen molar-refractivity contribution in [3.8, 4) is 0 Å². The molecule has 0 bridgehead atoms. The topological polar surface area (TPSA) is 35.5 Å². The van der Waals surface area contributed by atoms with E-state index in [4.69, 9.17) is 9.47 Å². The highest BCUT2D eigenvalue weighted by molar-refractivity contribution is 5.79. The van der Waals surface area contributed by atoms with Crippen LogP contribution in [0.1, 0.15) is 91.9 Å². The van der Waals surface area contributed by atoms with Gasteiger partial charge in [0.05, 0.1) is 12.7 Å². The molecule has 0 radical (unpaired) electrons. The molecule has 3 nitrogen and oxygen atoms in total. The van der Waals surface area contributed by atoms with E-state index in [0.29, 0.717) is 46.4 Å². The lowest BCUT2D eigenvalue weighted by Gasteiger charge is -2.60. The highest BCUT2D eigenvalue weighted by atomic mass is 16.7. The van der Waals surface area contributed by atoms with Crippen LogP contribution in [0, 0.1) is 52.3 Å². The molecule has 1 spiro atoms. The zero-order chi connectivity index (χ0) is 20.9. The highest BCUT2D eigenvalue weighted by Crippen LogP contribution is 2.71. The second-order valence-corrected chi connectivity index (χ2v) is 12.9. The summed E-state index contributed by atoms with van der Waals surface area (Å²) in [6.07, 6.45) is 12.2. The minimum absolute atomic E-state index is 0.292. The second-order valence-electron chi connectivity index (χ2n) is 12.9. The molecule has 30 heavy (non-hydrogen) atoms. The molecular weight excluding hydrogens is 372 g/mol. The molecule has 2 unspecified atom stereocenters. The molecule has 2 heterocycles. The minimum Gasteiger partial charge on any atom is -0.349 e. The standard InChI is InChI=1S/C27H42O3/c1-16-7-12-27(29-15-16)17(2)24-23(30-27)14-22-20-6-5-18-13-19(28)8-10-25(18,3)21(20)9-11-26(22,24)4/h16-18,20-24H,5-15H2,1-4H3/t16-,17-,18?,20+,21-,22-,23?,24-,25-,26-,27+/m0/s1. The van der Waals surface area contributed by atoms with Crippen molar-refractivity contribution in [2.24, 2.45) is 52.3 Å². The zero-order valence-electron chi connectivity index (χ0n) is 19.6. The van der Waals surface area contributed by atoms with Crippen LogP contribution in [0.4, 0.5) is 0 Å². The number of hydrogen-bond acceptors (Lipinski definition) is 3. The van der Waals surface area contributed by atoms with Gasteiger partial charge in [-0.05, 0) is 91.3 Å². The number of rotatable bonds is 0. The van der Waals surface area contributed by atoms with Crippen molar-refractivity contribution in [2.45, 2.75) is 104 Å². The first-order chi connectivity index (χ1) is 14.3. The summed E-state index contributed by atoms with van der Waals surface area (Å²) in [6.45, 7) is 10.8. The molecular formula is C27H42O3. The summed E-state index contributed by atoms with van der Waals surface area (Å²) >= 11 is 0. The molecule has 6 aliphatic rings. The van der Waals surface area contributed by atoms with Gasteiger partial charge in [-0.15, -0.1) is 0 Å². The van der Waals surface area contributed by atoms with E-state index in [1.807, 2.05) is 0 Å². The molecule has 3 heteroatoms. The van der Waals surface area contributed by atoms with Crippen LogP contribution in [-0.4, -0.2) is 24.3 Å². The van der Waals surface area contributed by atoms with E-state index in [0.717, 1.165) is 50.0 Å². The van der Waals surface area contributed by atoms with Crippen LogP contribution in [0.2, 0.25) is 0 Å². The Morgan fingerprint density at radius 2 is 1.77 bits per heavy atom. The van der Waals surface area contributed by atoms with E-state index < -0.39 is 0 Å². The maximum Gasteiger partial charge on any atom is 0.171 e. The Balaban J connectivity index is 1.26. The molecule has 6 fully saturated rings. The van der Waals surface area contributed by atoms with E-state index in [2.05, 4.69) is 27.7 Å². The quantitative estimate of drug-likeness (QED) is 0.487. The van der Waals surface area contributed by atoms with E-state index in [-0.39, 0.29) is 5.79 Å². The van der Waals surface area contributed by atoms with Gasteiger partial charge < -0.3 is 9.47 Å². The smallest absolute Gasteiger partial charge is 0.171 e. The van der Waals surface area contributed by atoms with Crippen molar-refractivity contribution in [3.63, 3.8) is 0 Å². The van der Waals surface area contributed by atoms with Crippen molar-refractivity contribution < 1.29 is 14.3 Å². The summed E-state index contributed by atoms with van der Waals surface area (Å²) in [5.74, 6) is 5.23. The molecule has 168 valence electrons. The Hall–Kier alpha value is -0.410.